The van der Waals surface area contributed by atoms with E-state index in [0.29, 0.717) is 25.0 Å². The molecule has 2 aromatic rings. The Morgan fingerprint density at radius 2 is 1.55 bits per heavy atom. The van der Waals surface area contributed by atoms with Crippen LogP contribution in [0.3, 0.4) is 0 Å². The summed E-state index contributed by atoms with van der Waals surface area (Å²) in [5.74, 6) is 0. The minimum atomic E-state index is -0.265. The zero-order valence-electron chi connectivity index (χ0n) is 12.5. The SMILES string of the molecule is O=C(OCCBr)N(CCc1ccccc1)Cc1ccccc1. The van der Waals surface area contributed by atoms with Gasteiger partial charge in [0.05, 0.1) is 0 Å². The standard InChI is InChI=1S/C18H20BrNO2/c19-12-14-22-18(21)20(15-17-9-5-2-6-10-17)13-11-16-7-3-1-4-8-16/h1-10H,11-15H2. The summed E-state index contributed by atoms with van der Waals surface area (Å²) in [6.45, 7) is 1.59. The van der Waals surface area contributed by atoms with Crippen molar-refractivity contribution in [3.05, 3.63) is 71.8 Å². The van der Waals surface area contributed by atoms with E-state index in [-0.39, 0.29) is 6.09 Å². The number of hydrogen-bond acceptors (Lipinski definition) is 2. The van der Waals surface area contributed by atoms with Crippen LogP contribution >= 0.6 is 15.9 Å². The van der Waals surface area contributed by atoms with Crippen LogP contribution in [0, 0.1) is 0 Å². The lowest BCUT2D eigenvalue weighted by atomic mass is 10.1. The summed E-state index contributed by atoms with van der Waals surface area (Å²) in [6, 6.07) is 20.1. The number of hydrogen-bond donors (Lipinski definition) is 0. The topological polar surface area (TPSA) is 29.5 Å². The molecule has 0 radical (unpaired) electrons. The Labute approximate surface area is 140 Å². The normalized spacial score (nSPS) is 10.2. The van der Waals surface area contributed by atoms with Gasteiger partial charge in [0.2, 0.25) is 0 Å². The third-order valence-corrected chi connectivity index (χ3v) is 3.61. The Morgan fingerprint density at radius 3 is 2.14 bits per heavy atom. The molecule has 0 saturated heterocycles. The van der Waals surface area contributed by atoms with Gasteiger partial charge >= 0.3 is 6.09 Å². The molecule has 22 heavy (non-hydrogen) atoms. The summed E-state index contributed by atoms with van der Waals surface area (Å²) in [5.41, 5.74) is 2.32. The van der Waals surface area contributed by atoms with Gasteiger partial charge in [-0.3, -0.25) is 0 Å². The van der Waals surface area contributed by atoms with Gasteiger partial charge in [-0.15, -0.1) is 0 Å². The quantitative estimate of drug-likeness (QED) is 0.689. The number of halogens is 1. The minimum Gasteiger partial charge on any atom is -0.449 e. The number of rotatable bonds is 7. The Bertz CT molecular complexity index is 560. The van der Waals surface area contributed by atoms with E-state index >= 15 is 0 Å². The van der Waals surface area contributed by atoms with Crippen molar-refractivity contribution in [2.45, 2.75) is 13.0 Å². The fourth-order valence-electron chi connectivity index (χ4n) is 2.16. The molecule has 0 aliphatic carbocycles. The van der Waals surface area contributed by atoms with Crippen LogP contribution in [0.5, 0.6) is 0 Å². The first-order valence-electron chi connectivity index (χ1n) is 7.35. The maximum atomic E-state index is 12.2. The number of nitrogens with zero attached hydrogens (tertiary/aromatic N) is 1. The molecule has 4 heteroatoms. The Hall–Kier alpha value is -1.81. The first-order valence-corrected chi connectivity index (χ1v) is 8.47. The molecule has 2 aromatic carbocycles. The number of carbonyl (C=O) groups is 1. The van der Waals surface area contributed by atoms with Gasteiger partial charge in [0, 0.05) is 18.4 Å². The van der Waals surface area contributed by atoms with Gasteiger partial charge in [0.1, 0.15) is 6.61 Å². The predicted molar refractivity (Wildman–Crippen MR) is 92.1 cm³/mol. The molecule has 0 saturated carbocycles. The third kappa shape index (κ3) is 5.53. The van der Waals surface area contributed by atoms with E-state index in [2.05, 4.69) is 28.1 Å². The summed E-state index contributed by atoms with van der Waals surface area (Å²) in [5, 5.41) is 0.649. The van der Waals surface area contributed by atoms with Crippen LogP contribution in [-0.2, 0) is 17.7 Å². The Morgan fingerprint density at radius 1 is 0.955 bits per heavy atom. The van der Waals surface area contributed by atoms with Crippen molar-refractivity contribution in [3.63, 3.8) is 0 Å². The molecule has 3 nitrogen and oxygen atoms in total. The zero-order chi connectivity index (χ0) is 15.6. The van der Waals surface area contributed by atoms with Crippen molar-refractivity contribution in [3.8, 4) is 0 Å². The molecule has 2 rings (SSSR count). The lowest BCUT2D eigenvalue weighted by molar-refractivity contribution is 0.106. The van der Waals surface area contributed by atoms with Gasteiger partial charge in [0.15, 0.2) is 0 Å². The van der Waals surface area contributed by atoms with Crippen molar-refractivity contribution in [1.29, 1.82) is 0 Å². The molecule has 0 aromatic heterocycles. The van der Waals surface area contributed by atoms with Gasteiger partial charge in [-0.05, 0) is 17.5 Å². The van der Waals surface area contributed by atoms with E-state index in [1.165, 1.54) is 5.56 Å². The fraction of sp³-hybridized carbons (Fsp3) is 0.278. The molecule has 0 fully saturated rings. The number of amides is 1. The second kappa shape index (κ2) is 9.26. The molecular weight excluding hydrogens is 342 g/mol. The first kappa shape index (κ1) is 16.6. The number of carbonyl (C=O) groups excluding carboxylic acids is 1. The highest BCUT2D eigenvalue weighted by molar-refractivity contribution is 9.09. The van der Waals surface area contributed by atoms with Crippen molar-refractivity contribution in [2.75, 3.05) is 18.5 Å². The van der Waals surface area contributed by atoms with Gasteiger partial charge < -0.3 is 9.64 Å². The predicted octanol–water partition coefficient (Wildman–Crippen LogP) is 4.26. The summed E-state index contributed by atoms with van der Waals surface area (Å²) < 4.78 is 5.25. The summed E-state index contributed by atoms with van der Waals surface area (Å²) >= 11 is 3.27. The van der Waals surface area contributed by atoms with Crippen LogP contribution in [-0.4, -0.2) is 29.5 Å². The van der Waals surface area contributed by atoms with E-state index in [1.54, 1.807) is 4.90 Å². The van der Waals surface area contributed by atoms with E-state index in [4.69, 9.17) is 4.74 Å². The van der Waals surface area contributed by atoms with E-state index in [0.717, 1.165) is 12.0 Å². The van der Waals surface area contributed by atoms with Crippen LogP contribution in [0.25, 0.3) is 0 Å². The van der Waals surface area contributed by atoms with Crippen molar-refractivity contribution >= 4 is 22.0 Å². The summed E-state index contributed by atoms with van der Waals surface area (Å²) in [4.78, 5) is 14.0. The smallest absolute Gasteiger partial charge is 0.410 e. The molecule has 116 valence electrons. The van der Waals surface area contributed by atoms with Crippen LogP contribution in [0.1, 0.15) is 11.1 Å². The molecular formula is C18H20BrNO2. The average Bonchev–Trinajstić information content (AvgIpc) is 2.58. The van der Waals surface area contributed by atoms with Crippen LogP contribution < -0.4 is 0 Å². The molecule has 0 heterocycles. The van der Waals surface area contributed by atoms with Crippen LogP contribution in [0.15, 0.2) is 60.7 Å². The van der Waals surface area contributed by atoms with Crippen molar-refractivity contribution < 1.29 is 9.53 Å². The number of ether oxygens (including phenoxy) is 1. The van der Waals surface area contributed by atoms with Crippen LogP contribution in [0.4, 0.5) is 4.79 Å². The van der Waals surface area contributed by atoms with Gasteiger partial charge in [-0.2, -0.15) is 0 Å². The highest BCUT2D eigenvalue weighted by Crippen LogP contribution is 2.09. The van der Waals surface area contributed by atoms with Gasteiger partial charge in [-0.1, -0.05) is 76.6 Å². The highest BCUT2D eigenvalue weighted by atomic mass is 79.9. The van der Waals surface area contributed by atoms with Gasteiger partial charge in [-0.25, -0.2) is 4.79 Å². The molecule has 0 N–H and O–H groups in total. The average molecular weight is 362 g/mol. The largest absolute Gasteiger partial charge is 0.449 e. The lowest BCUT2D eigenvalue weighted by Crippen LogP contribution is -2.33. The van der Waals surface area contributed by atoms with Crippen LogP contribution in [0.2, 0.25) is 0 Å². The maximum absolute atomic E-state index is 12.2. The summed E-state index contributed by atoms with van der Waals surface area (Å²) in [7, 11) is 0. The van der Waals surface area contributed by atoms with E-state index < -0.39 is 0 Å². The second-order valence-electron chi connectivity index (χ2n) is 4.95. The number of benzene rings is 2. The fourth-order valence-corrected chi connectivity index (χ4v) is 2.33. The molecule has 0 spiro atoms. The Kier molecular flexibility index (Phi) is 6.97. The summed E-state index contributed by atoms with van der Waals surface area (Å²) in [6.07, 6.45) is 0.552. The second-order valence-corrected chi connectivity index (χ2v) is 5.74. The highest BCUT2D eigenvalue weighted by Gasteiger charge is 2.15. The lowest BCUT2D eigenvalue weighted by Gasteiger charge is -2.22. The van der Waals surface area contributed by atoms with Crippen molar-refractivity contribution in [2.24, 2.45) is 0 Å². The van der Waals surface area contributed by atoms with Gasteiger partial charge in [0.25, 0.3) is 0 Å². The molecule has 0 unspecified atom stereocenters. The minimum absolute atomic E-state index is 0.265. The Balaban J connectivity index is 1.99. The monoisotopic (exact) mass is 361 g/mol. The maximum Gasteiger partial charge on any atom is 0.410 e. The van der Waals surface area contributed by atoms with Crippen molar-refractivity contribution in [1.82, 2.24) is 4.90 Å². The molecule has 0 bridgehead atoms. The molecule has 1 amide bonds. The van der Waals surface area contributed by atoms with E-state index in [1.807, 2.05) is 48.5 Å². The van der Waals surface area contributed by atoms with E-state index in [9.17, 15) is 4.79 Å². The zero-order valence-corrected chi connectivity index (χ0v) is 14.0. The molecule has 0 aliphatic rings. The molecule has 0 atom stereocenters. The molecule has 0 aliphatic heterocycles. The first-order chi connectivity index (χ1) is 10.8. The number of alkyl halides is 1. The third-order valence-electron chi connectivity index (χ3n) is 3.29.